The van der Waals surface area contributed by atoms with Gasteiger partial charge in [0.2, 0.25) is 10.0 Å². The minimum absolute atomic E-state index is 0.103. The third-order valence-corrected chi connectivity index (χ3v) is 12.5. The predicted octanol–water partition coefficient (Wildman–Crippen LogP) is 8.29. The van der Waals surface area contributed by atoms with Gasteiger partial charge < -0.3 is 9.47 Å². The van der Waals surface area contributed by atoms with Crippen molar-refractivity contribution >= 4 is 39.1 Å². The van der Waals surface area contributed by atoms with Crippen LogP contribution < -0.4 is 4.74 Å². The summed E-state index contributed by atoms with van der Waals surface area (Å²) in [5.74, 6) is 0.547. The van der Waals surface area contributed by atoms with Crippen LogP contribution in [0.15, 0.2) is 76.5 Å². The second kappa shape index (κ2) is 16.2. The van der Waals surface area contributed by atoms with Gasteiger partial charge in [-0.2, -0.15) is 30.6 Å². The van der Waals surface area contributed by atoms with Gasteiger partial charge >= 0.3 is 18.3 Å². The van der Waals surface area contributed by atoms with Crippen molar-refractivity contribution in [1.82, 2.24) is 14.2 Å². The van der Waals surface area contributed by atoms with E-state index in [0.29, 0.717) is 47.4 Å². The van der Waals surface area contributed by atoms with Gasteiger partial charge in [0.25, 0.3) is 0 Å². The Bertz CT molecular complexity index is 1960. The van der Waals surface area contributed by atoms with Crippen LogP contribution in [0.3, 0.4) is 0 Å². The van der Waals surface area contributed by atoms with Gasteiger partial charge in [-0.1, -0.05) is 12.1 Å². The normalized spacial score (nSPS) is 15.4. The standard InChI is InChI=1S/C35H35F6N3O5S3/c1-4-48-33(45)23(3)49-30-14-11-27(19-22(30)2)50-21-31-29(42-32(51-31)24-5-7-25(8-6-24)34(36,37)38)20-43-15-17-44(18-16-43)52(46,47)28-12-9-26(10-13-28)35(39,40)41/h5-14,19,23H,4,15-18,20-21H2,1-3H3. The summed E-state index contributed by atoms with van der Waals surface area (Å²) >= 11 is 2.88. The molecule has 3 aromatic carbocycles. The molecule has 0 aliphatic carbocycles. The molecule has 0 bridgehead atoms. The predicted molar refractivity (Wildman–Crippen MR) is 185 cm³/mol. The van der Waals surface area contributed by atoms with Crippen molar-refractivity contribution in [3.63, 3.8) is 0 Å². The van der Waals surface area contributed by atoms with Crippen molar-refractivity contribution in [3.05, 3.63) is 94.0 Å². The van der Waals surface area contributed by atoms with Gasteiger partial charge in [0.05, 0.1) is 28.3 Å². The monoisotopic (exact) mass is 787 g/mol. The van der Waals surface area contributed by atoms with E-state index in [1.54, 1.807) is 19.9 Å². The fourth-order valence-electron chi connectivity index (χ4n) is 5.34. The summed E-state index contributed by atoms with van der Waals surface area (Å²) in [7, 11) is -4.02. The first-order valence-electron chi connectivity index (χ1n) is 16.1. The number of alkyl halides is 6. The molecule has 1 atom stereocenters. The topological polar surface area (TPSA) is 89.0 Å². The summed E-state index contributed by atoms with van der Waals surface area (Å²) in [4.78, 5) is 20.4. The molecule has 280 valence electrons. The molecule has 1 unspecified atom stereocenters. The maximum atomic E-state index is 13.2. The SMILES string of the molecule is CCOC(=O)C(C)Oc1ccc(SCc2sc(-c3ccc(C(F)(F)F)cc3)nc2CN2CCN(S(=O)(=O)c3ccc(C(F)(F)F)cc3)CC2)cc1C. The van der Waals surface area contributed by atoms with Crippen molar-refractivity contribution in [2.75, 3.05) is 32.8 Å². The lowest BCUT2D eigenvalue weighted by Gasteiger charge is -2.33. The highest BCUT2D eigenvalue weighted by atomic mass is 32.2. The Morgan fingerprint density at radius 3 is 2.08 bits per heavy atom. The maximum Gasteiger partial charge on any atom is 0.416 e. The average molecular weight is 788 g/mol. The Morgan fingerprint density at radius 2 is 1.52 bits per heavy atom. The molecule has 1 aliphatic heterocycles. The number of benzene rings is 3. The van der Waals surface area contributed by atoms with E-state index in [2.05, 4.69) is 0 Å². The van der Waals surface area contributed by atoms with Crippen LogP contribution in [0.4, 0.5) is 26.3 Å². The number of halogens is 6. The van der Waals surface area contributed by atoms with Gasteiger partial charge in [-0.15, -0.1) is 23.1 Å². The van der Waals surface area contributed by atoms with Crippen LogP contribution >= 0.6 is 23.1 Å². The number of nitrogens with zero attached hydrogens (tertiary/aromatic N) is 3. The van der Waals surface area contributed by atoms with Crippen LogP contribution in [0.1, 0.15) is 41.1 Å². The molecule has 0 amide bonds. The summed E-state index contributed by atoms with van der Waals surface area (Å²) < 4.78 is 117. The highest BCUT2D eigenvalue weighted by Gasteiger charge is 2.33. The van der Waals surface area contributed by atoms with Crippen LogP contribution in [0, 0.1) is 6.92 Å². The van der Waals surface area contributed by atoms with Crippen molar-refractivity contribution in [2.45, 2.75) is 61.3 Å². The largest absolute Gasteiger partial charge is 0.479 e. The van der Waals surface area contributed by atoms with E-state index in [1.807, 2.05) is 24.0 Å². The molecule has 17 heteroatoms. The maximum absolute atomic E-state index is 13.2. The quantitative estimate of drug-likeness (QED) is 0.0806. The minimum Gasteiger partial charge on any atom is -0.479 e. The molecule has 0 N–H and O–H groups in total. The van der Waals surface area contributed by atoms with Crippen LogP contribution in [-0.4, -0.2) is 67.5 Å². The fraction of sp³-hybridized carbons (Fsp3) is 0.371. The molecule has 1 saturated heterocycles. The van der Waals surface area contributed by atoms with Gasteiger partial charge in [0.15, 0.2) is 6.10 Å². The number of hydrogen-bond acceptors (Lipinski definition) is 9. The Labute approximate surface area is 305 Å². The van der Waals surface area contributed by atoms with E-state index in [-0.39, 0.29) is 24.6 Å². The van der Waals surface area contributed by atoms with E-state index >= 15 is 0 Å². The van der Waals surface area contributed by atoms with Crippen molar-refractivity contribution in [1.29, 1.82) is 0 Å². The molecule has 52 heavy (non-hydrogen) atoms. The number of sulfonamides is 1. The lowest BCUT2D eigenvalue weighted by molar-refractivity contribution is -0.150. The molecule has 1 aromatic heterocycles. The van der Waals surface area contributed by atoms with Gasteiger partial charge in [0.1, 0.15) is 10.8 Å². The molecule has 0 radical (unpaired) electrons. The van der Waals surface area contributed by atoms with Crippen LogP contribution in [-0.2, 0) is 44.2 Å². The van der Waals surface area contributed by atoms with E-state index in [9.17, 15) is 39.6 Å². The van der Waals surface area contributed by atoms with E-state index in [0.717, 1.165) is 51.7 Å². The molecule has 4 aromatic rings. The van der Waals surface area contributed by atoms with Crippen molar-refractivity contribution < 1.29 is 49.0 Å². The van der Waals surface area contributed by atoms with Gasteiger partial charge in [0, 0.05) is 53.8 Å². The lowest BCUT2D eigenvalue weighted by atomic mass is 10.1. The summed E-state index contributed by atoms with van der Waals surface area (Å²) in [5, 5.41) is 0.538. The van der Waals surface area contributed by atoms with E-state index in [1.165, 1.54) is 39.5 Å². The molecule has 8 nitrogen and oxygen atoms in total. The first-order chi connectivity index (χ1) is 24.4. The number of esters is 1. The van der Waals surface area contributed by atoms with Gasteiger partial charge in [-0.3, -0.25) is 4.90 Å². The Morgan fingerprint density at radius 1 is 0.923 bits per heavy atom. The number of piperazine rings is 1. The Kier molecular flexibility index (Phi) is 12.3. The highest BCUT2D eigenvalue weighted by Crippen LogP contribution is 2.37. The Hall–Kier alpha value is -3.64. The molecule has 1 fully saturated rings. The van der Waals surface area contributed by atoms with Crippen molar-refractivity contribution in [2.24, 2.45) is 0 Å². The number of ether oxygens (including phenoxy) is 2. The second-order valence-electron chi connectivity index (χ2n) is 11.9. The van der Waals surface area contributed by atoms with E-state index < -0.39 is 45.6 Å². The molecule has 0 saturated carbocycles. The summed E-state index contributed by atoms with van der Waals surface area (Å²) in [5.41, 5.74) is 0.320. The first kappa shape index (κ1) is 39.6. The van der Waals surface area contributed by atoms with Gasteiger partial charge in [-0.05, 0) is 80.9 Å². The third kappa shape index (κ3) is 9.66. The zero-order valence-electron chi connectivity index (χ0n) is 28.3. The number of hydrogen-bond donors (Lipinski definition) is 0. The number of thioether (sulfide) groups is 1. The first-order valence-corrected chi connectivity index (χ1v) is 19.3. The lowest BCUT2D eigenvalue weighted by Crippen LogP contribution is -2.48. The molecular formula is C35H35F6N3O5S3. The molecule has 1 aliphatic rings. The zero-order chi connectivity index (χ0) is 37.8. The summed E-state index contributed by atoms with van der Waals surface area (Å²) in [6.45, 7) is 6.62. The number of carbonyl (C=O) groups is 1. The second-order valence-corrected chi connectivity index (χ2v) is 16.0. The van der Waals surface area contributed by atoms with Crippen LogP contribution in [0.5, 0.6) is 5.75 Å². The number of carbonyl (C=O) groups excluding carboxylic acids is 1. The van der Waals surface area contributed by atoms with Crippen LogP contribution in [0.2, 0.25) is 0 Å². The molecular weight excluding hydrogens is 753 g/mol. The summed E-state index contributed by atoms with van der Waals surface area (Å²) in [6.07, 6.45) is -9.85. The summed E-state index contributed by atoms with van der Waals surface area (Å²) in [6, 6.07) is 13.7. The number of thiazole rings is 1. The molecule has 0 spiro atoms. The smallest absolute Gasteiger partial charge is 0.416 e. The third-order valence-electron chi connectivity index (χ3n) is 8.20. The van der Waals surface area contributed by atoms with Crippen molar-refractivity contribution in [3.8, 4) is 16.3 Å². The molecule has 5 rings (SSSR count). The van der Waals surface area contributed by atoms with Gasteiger partial charge in [-0.25, -0.2) is 18.2 Å². The zero-order valence-corrected chi connectivity index (χ0v) is 30.7. The fourth-order valence-corrected chi connectivity index (χ4v) is 8.94. The highest BCUT2D eigenvalue weighted by molar-refractivity contribution is 7.98. The number of rotatable bonds is 12. The average Bonchev–Trinajstić information content (AvgIpc) is 3.50. The minimum atomic E-state index is -4.59. The van der Waals surface area contributed by atoms with Crippen LogP contribution in [0.25, 0.3) is 10.6 Å². The molecule has 2 heterocycles. The number of aryl methyl sites for hydroxylation is 1. The van der Waals surface area contributed by atoms with E-state index in [4.69, 9.17) is 14.5 Å². The Balaban J connectivity index is 1.30. The number of aromatic nitrogens is 1.